The van der Waals surface area contributed by atoms with Gasteiger partial charge in [-0.15, -0.1) is 0 Å². The first-order chi connectivity index (χ1) is 47.8. The van der Waals surface area contributed by atoms with E-state index in [0.29, 0.717) is 0 Å². The Hall–Kier alpha value is -3.56. The minimum atomic E-state index is -2.48. The topological polar surface area (TPSA) is 680 Å². The summed E-state index contributed by atoms with van der Waals surface area (Å²) in [6.45, 7) is -2.66. The highest BCUT2D eigenvalue weighted by Gasteiger charge is 2.60. The van der Waals surface area contributed by atoms with Crippen LogP contribution in [0, 0.1) is 0 Å². The van der Waals surface area contributed by atoms with Crippen molar-refractivity contribution >= 4 is 23.6 Å². The third-order valence-electron chi connectivity index (χ3n) is 18.5. The summed E-state index contributed by atoms with van der Waals surface area (Å²) in [5, 5.41) is 242. The zero-order valence-corrected chi connectivity index (χ0v) is 54.9. The Balaban J connectivity index is 1.13. The standard InChI is InChI=1S/C57H96N4O40/c1-14-27(58-15(2)69)37(79)45(23(10-66)88-14)96-52-29(60-17(4)71)38(80)47(25(12-68)93-52)98-55-44(86)48(99-57-50(42(84)34(76)22(9-65)92-57)101-51-28(59-16(3)70)36(78)31(73)19(6-62)89-51)35(77)26(95-55)13-87-56-49(41(83)33(75)21(8-64)91-56)100-53-30(61-18(5)72)39(81)46(24(11-67)94-53)97-54-43(85)40(82)32(74)20(7-63)90-54/h14,19-57,62-68,73-86H,6-13H2,1-5H3,(H,58,69)(H,59,70)(H,60,71)(H,61,72)/t14-,19?,20?,21?,22?,23?,24+,25?,26?,27?,28?,29?,30?,31-,32-,33-,34-,35-,36+,37+,38+,39?,40-,41-,42?,43?,44?,45-,46+,47-,48-,49?,50?,51-,52-,53+,54-,55-,56+,57-/m0/s1. The van der Waals surface area contributed by atoms with Gasteiger partial charge in [0.05, 0.1) is 65.0 Å². The number of aliphatic hydroxyl groups excluding tert-OH is 21. The number of hydrogen-bond donors (Lipinski definition) is 25. The number of amides is 4. The molecule has 0 aromatic heterocycles. The van der Waals surface area contributed by atoms with Gasteiger partial charge >= 0.3 is 0 Å². The first kappa shape index (κ1) is 83.1. The molecule has 8 rings (SSSR count). The molecule has 17 unspecified atom stereocenters. The highest BCUT2D eigenvalue weighted by Crippen LogP contribution is 2.39. The molecule has 8 heterocycles. The van der Waals surface area contributed by atoms with Crippen LogP contribution in [0.2, 0.25) is 0 Å². The number of aliphatic hydroxyl groups is 21. The second-order valence-corrected chi connectivity index (χ2v) is 25.7. The van der Waals surface area contributed by atoms with Crippen molar-refractivity contribution in [1.29, 1.82) is 0 Å². The number of carbonyl (C=O) groups excluding carboxylic acids is 4. The monoisotopic (exact) mass is 1480 g/mol. The van der Waals surface area contributed by atoms with Gasteiger partial charge in [0.15, 0.2) is 44.0 Å². The van der Waals surface area contributed by atoms with E-state index in [1.807, 2.05) is 0 Å². The molecule has 0 bridgehead atoms. The molecule has 8 saturated heterocycles. The first-order valence-corrected chi connectivity index (χ1v) is 32.4. The van der Waals surface area contributed by atoms with Crippen molar-refractivity contribution < 1.29 is 197 Å². The minimum absolute atomic E-state index is 0.609. The van der Waals surface area contributed by atoms with Gasteiger partial charge < -0.3 is 200 Å². The molecule has 0 radical (unpaired) electrons. The normalized spacial score (nSPS) is 48.3. The van der Waals surface area contributed by atoms with Crippen LogP contribution in [0.15, 0.2) is 0 Å². The van der Waals surface area contributed by atoms with Crippen LogP contribution in [0.25, 0.3) is 0 Å². The quantitative estimate of drug-likeness (QED) is 0.0382. The van der Waals surface area contributed by atoms with Crippen molar-refractivity contribution in [3.05, 3.63) is 0 Å². The lowest BCUT2D eigenvalue weighted by molar-refractivity contribution is -0.396. The summed E-state index contributed by atoms with van der Waals surface area (Å²) in [7, 11) is 0. The summed E-state index contributed by atoms with van der Waals surface area (Å²) in [6, 6.07) is -6.60. The molecule has 8 aliphatic rings. The zero-order valence-electron chi connectivity index (χ0n) is 54.9. The summed E-state index contributed by atoms with van der Waals surface area (Å²) >= 11 is 0. The fourth-order valence-corrected chi connectivity index (χ4v) is 13.2. The minimum Gasteiger partial charge on any atom is -0.394 e. The molecule has 4 amide bonds. The maximum atomic E-state index is 12.9. The third kappa shape index (κ3) is 18.5. The number of nitrogens with one attached hydrogen (secondary N) is 4. The third-order valence-corrected chi connectivity index (χ3v) is 18.5. The number of ether oxygens (including phenoxy) is 15. The number of hydrogen-bond acceptors (Lipinski definition) is 40. The van der Waals surface area contributed by atoms with E-state index in [2.05, 4.69) is 21.3 Å². The molecule has 25 N–H and O–H groups in total. The second-order valence-electron chi connectivity index (χ2n) is 25.7. The lowest BCUT2D eigenvalue weighted by atomic mass is 9.92. The van der Waals surface area contributed by atoms with Crippen molar-refractivity contribution in [1.82, 2.24) is 21.3 Å². The fraction of sp³-hybridized carbons (Fsp3) is 0.930. The van der Waals surface area contributed by atoms with Crippen LogP contribution in [0.1, 0.15) is 34.6 Å². The maximum Gasteiger partial charge on any atom is 0.217 e. The Morgan fingerprint density at radius 1 is 0.267 bits per heavy atom. The number of rotatable bonds is 26. The molecule has 0 saturated carbocycles. The van der Waals surface area contributed by atoms with Gasteiger partial charge in [-0.1, -0.05) is 0 Å². The van der Waals surface area contributed by atoms with Gasteiger partial charge in [0.25, 0.3) is 0 Å². The molecule has 8 aliphatic heterocycles. The van der Waals surface area contributed by atoms with E-state index in [4.69, 9.17) is 71.1 Å². The van der Waals surface area contributed by atoms with Crippen LogP contribution >= 0.6 is 0 Å². The summed E-state index contributed by atoms with van der Waals surface area (Å²) in [6.07, 6.45) is -71.1. The predicted molar refractivity (Wildman–Crippen MR) is 314 cm³/mol. The average molecular weight is 1480 g/mol. The van der Waals surface area contributed by atoms with Crippen molar-refractivity contribution in [3.8, 4) is 0 Å². The van der Waals surface area contributed by atoms with E-state index in [1.165, 1.54) is 6.92 Å². The molecule has 0 aromatic carbocycles. The first-order valence-electron chi connectivity index (χ1n) is 32.4. The summed E-state index contributed by atoms with van der Waals surface area (Å²) < 4.78 is 89.4. The number of carbonyl (C=O) groups is 4. The summed E-state index contributed by atoms with van der Waals surface area (Å²) in [4.78, 5) is 50.4. The van der Waals surface area contributed by atoms with E-state index >= 15 is 0 Å². The van der Waals surface area contributed by atoms with Crippen LogP contribution < -0.4 is 21.3 Å². The fourth-order valence-electron chi connectivity index (χ4n) is 13.2. The van der Waals surface area contributed by atoms with Crippen LogP contribution in [-0.2, 0) is 90.2 Å². The molecule has 584 valence electrons. The zero-order chi connectivity index (χ0) is 74.5. The molecule has 40 atom stereocenters. The molecule has 44 nitrogen and oxygen atoms in total. The van der Waals surface area contributed by atoms with Gasteiger partial charge in [0.2, 0.25) is 23.6 Å². The lowest BCUT2D eigenvalue weighted by Gasteiger charge is -2.51. The molecule has 8 fully saturated rings. The highest BCUT2D eigenvalue weighted by atomic mass is 16.8. The van der Waals surface area contributed by atoms with Gasteiger partial charge in [-0.3, -0.25) is 19.2 Å². The van der Waals surface area contributed by atoms with E-state index in [-0.39, 0.29) is 0 Å². The molecular weight excluding hydrogens is 1380 g/mol. The molecule has 0 spiro atoms. The van der Waals surface area contributed by atoms with Crippen molar-refractivity contribution in [2.24, 2.45) is 0 Å². The Kier molecular flexibility index (Phi) is 29.9. The largest absolute Gasteiger partial charge is 0.394 e. The van der Waals surface area contributed by atoms with Gasteiger partial charge in [0, 0.05) is 27.7 Å². The van der Waals surface area contributed by atoms with Crippen molar-refractivity contribution in [3.63, 3.8) is 0 Å². The molecule has 44 heteroatoms. The molecule has 0 aromatic rings. The average Bonchev–Trinajstić information content (AvgIpc) is 0.773. The molecule has 0 aliphatic carbocycles. The van der Waals surface area contributed by atoms with Crippen molar-refractivity contribution in [2.45, 2.75) is 280 Å². The highest BCUT2D eigenvalue weighted by molar-refractivity contribution is 5.74. The van der Waals surface area contributed by atoms with E-state index < -0.39 is 322 Å². The van der Waals surface area contributed by atoms with Crippen LogP contribution in [0.4, 0.5) is 0 Å². The van der Waals surface area contributed by atoms with E-state index in [9.17, 15) is 126 Å². The van der Waals surface area contributed by atoms with E-state index in [1.54, 1.807) is 0 Å². The molecule has 101 heavy (non-hydrogen) atoms. The maximum absolute atomic E-state index is 12.9. The van der Waals surface area contributed by atoms with Gasteiger partial charge in [-0.25, -0.2) is 0 Å². The Morgan fingerprint density at radius 3 is 0.980 bits per heavy atom. The summed E-state index contributed by atoms with van der Waals surface area (Å²) in [5.74, 6) is -3.23. The van der Waals surface area contributed by atoms with E-state index in [0.717, 1.165) is 27.7 Å². The predicted octanol–water partition coefficient (Wildman–Crippen LogP) is -16.8. The summed E-state index contributed by atoms with van der Waals surface area (Å²) in [5.41, 5.74) is 0. The second kappa shape index (κ2) is 36.4. The SMILES string of the molecule is CC(=O)NC1C(O)[C@H](O[C@@H]2OC(CO)[C@H](O)[C@H](O)C2O)[C@@H](CO)O[C@@H]1OC1[C@H](OCC2O[C@@H](O[C@H]3C(CO)O[C@@H](O[C@H]4C(CO)O[C@@H](C)C(NC(C)=O)[C@H]4O)C(NC(C)=O)[C@H]3O)C(O)[C@@H](O[C@@H]3OC(CO)[C@H](O)C(O)C3O[C@@H]3OC(CO)[C@H](O)[C@H](O)C3NC(C)=O)[C@H]2O)OC(CO)[C@H](O)[C@@H]1O. The van der Waals surface area contributed by atoms with Gasteiger partial charge in [-0.05, 0) is 6.92 Å². The van der Waals surface area contributed by atoms with Gasteiger partial charge in [0.1, 0.15) is 189 Å². The Bertz CT molecular complexity index is 2640. The Morgan fingerprint density at radius 2 is 0.554 bits per heavy atom. The molecular formula is C57H96N4O40. The smallest absolute Gasteiger partial charge is 0.217 e. The van der Waals surface area contributed by atoms with Crippen LogP contribution in [-0.4, -0.2) is 429 Å². The van der Waals surface area contributed by atoms with Gasteiger partial charge in [-0.2, -0.15) is 0 Å². The van der Waals surface area contributed by atoms with Crippen molar-refractivity contribution in [2.75, 3.05) is 52.9 Å². The lowest BCUT2D eigenvalue weighted by Crippen LogP contribution is -2.70. The van der Waals surface area contributed by atoms with Crippen LogP contribution in [0.5, 0.6) is 0 Å². The van der Waals surface area contributed by atoms with Crippen LogP contribution in [0.3, 0.4) is 0 Å². The Labute approximate surface area is 573 Å².